The molecule has 0 bridgehead atoms. The smallest absolute Gasteiger partial charge is 0.257 e. The second kappa shape index (κ2) is 6.80. The maximum atomic E-state index is 12.6. The summed E-state index contributed by atoms with van der Waals surface area (Å²) in [5, 5.41) is 7.12. The van der Waals surface area contributed by atoms with Crippen LogP contribution in [0.4, 0.5) is 0 Å². The number of aryl methyl sites for hydroxylation is 1. The van der Waals surface area contributed by atoms with Gasteiger partial charge < -0.3 is 5.32 Å². The molecule has 1 atom stereocenters. The lowest BCUT2D eigenvalue weighted by Crippen LogP contribution is -2.26. The monoisotopic (exact) mass is 351 g/mol. The van der Waals surface area contributed by atoms with Crippen molar-refractivity contribution in [3.8, 4) is 0 Å². The van der Waals surface area contributed by atoms with E-state index < -0.39 is 0 Å². The highest BCUT2D eigenvalue weighted by Gasteiger charge is 2.26. The van der Waals surface area contributed by atoms with Gasteiger partial charge in [0.25, 0.3) is 5.91 Å². The van der Waals surface area contributed by atoms with Crippen LogP contribution in [0, 0.1) is 6.92 Å². The highest BCUT2D eigenvalue weighted by Crippen LogP contribution is 2.31. The number of nitrogens with zero attached hydrogens (tertiary/aromatic N) is 6. The van der Waals surface area contributed by atoms with E-state index in [1.54, 1.807) is 23.0 Å². The Hall–Kier alpha value is -2.87. The number of hydrogen-bond donors (Lipinski definition) is 1. The summed E-state index contributed by atoms with van der Waals surface area (Å²) in [5.41, 5.74) is 2.96. The highest BCUT2D eigenvalue weighted by molar-refractivity contribution is 5.99. The molecule has 1 saturated heterocycles. The number of aromatic nitrogens is 5. The van der Waals surface area contributed by atoms with Crippen LogP contribution in [-0.2, 0) is 6.54 Å². The summed E-state index contributed by atoms with van der Waals surface area (Å²) in [5.74, 6) is 0.548. The van der Waals surface area contributed by atoms with Crippen molar-refractivity contribution >= 4 is 11.6 Å². The van der Waals surface area contributed by atoms with E-state index in [1.807, 2.05) is 13.1 Å². The van der Waals surface area contributed by atoms with Crippen LogP contribution < -0.4 is 5.32 Å². The van der Waals surface area contributed by atoms with Crippen LogP contribution >= 0.6 is 0 Å². The van der Waals surface area contributed by atoms with Crippen molar-refractivity contribution < 1.29 is 4.79 Å². The lowest BCUT2D eigenvalue weighted by Gasteiger charge is -2.21. The van der Waals surface area contributed by atoms with Crippen LogP contribution in [0.1, 0.15) is 46.3 Å². The van der Waals surface area contributed by atoms with Crippen LogP contribution in [0.2, 0.25) is 0 Å². The minimum absolute atomic E-state index is 0.204. The summed E-state index contributed by atoms with van der Waals surface area (Å²) in [4.78, 5) is 28.1. The first kappa shape index (κ1) is 16.6. The molecule has 4 heterocycles. The Balaban J connectivity index is 1.55. The molecule has 1 aliphatic rings. The van der Waals surface area contributed by atoms with Gasteiger partial charge in [0.05, 0.1) is 17.9 Å². The van der Waals surface area contributed by atoms with E-state index in [0.717, 1.165) is 36.5 Å². The van der Waals surface area contributed by atoms with Crippen molar-refractivity contribution in [1.82, 2.24) is 34.8 Å². The van der Waals surface area contributed by atoms with Crippen molar-refractivity contribution in [3.05, 3.63) is 53.5 Å². The minimum Gasteiger partial charge on any atom is -0.348 e. The van der Waals surface area contributed by atoms with Crippen LogP contribution in [0.15, 0.2) is 30.9 Å². The summed E-state index contributed by atoms with van der Waals surface area (Å²) in [6.45, 7) is 3.34. The number of hydrogen-bond acceptors (Lipinski definition) is 6. The molecule has 1 amide bonds. The molecule has 3 aromatic heterocycles. The predicted molar refractivity (Wildman–Crippen MR) is 95.5 cm³/mol. The number of carbonyl (C=O) groups excluding carboxylic acids is 1. The number of likely N-dealkylation sites (tertiary alicyclic amines) is 1. The lowest BCUT2D eigenvalue weighted by atomic mass is 10.1. The van der Waals surface area contributed by atoms with Crippen molar-refractivity contribution in [1.29, 1.82) is 0 Å². The Bertz CT molecular complexity index is 952. The fourth-order valence-electron chi connectivity index (χ4n) is 3.45. The SMILES string of the molecule is Cc1ncc(CNC(=O)c2cnn3cccnc23)c([C@@H]2CCCN2C)n1. The summed E-state index contributed by atoms with van der Waals surface area (Å²) in [6.07, 6.45) is 9.00. The molecular weight excluding hydrogens is 330 g/mol. The average Bonchev–Trinajstić information content (AvgIpc) is 3.26. The van der Waals surface area contributed by atoms with Gasteiger partial charge in [0.2, 0.25) is 0 Å². The quantitative estimate of drug-likeness (QED) is 0.767. The number of rotatable bonds is 4. The van der Waals surface area contributed by atoms with Crippen LogP contribution in [0.5, 0.6) is 0 Å². The largest absolute Gasteiger partial charge is 0.348 e. The van der Waals surface area contributed by atoms with Crippen molar-refractivity contribution in [2.24, 2.45) is 0 Å². The van der Waals surface area contributed by atoms with E-state index in [9.17, 15) is 4.79 Å². The van der Waals surface area contributed by atoms with Gasteiger partial charge in [0.15, 0.2) is 5.65 Å². The molecule has 1 N–H and O–H groups in total. The molecule has 0 spiro atoms. The average molecular weight is 351 g/mol. The number of carbonyl (C=O) groups is 1. The van der Waals surface area contributed by atoms with Crippen LogP contribution in [0.3, 0.4) is 0 Å². The molecule has 1 fully saturated rings. The van der Waals surface area contributed by atoms with Gasteiger partial charge in [-0.1, -0.05) is 0 Å². The van der Waals surface area contributed by atoms with E-state index in [1.165, 1.54) is 6.20 Å². The third-order valence-electron chi connectivity index (χ3n) is 4.82. The van der Waals surface area contributed by atoms with Gasteiger partial charge in [-0.05, 0) is 39.4 Å². The molecule has 0 aliphatic carbocycles. The molecule has 134 valence electrons. The summed E-state index contributed by atoms with van der Waals surface area (Å²) in [6, 6.07) is 2.05. The van der Waals surface area contributed by atoms with Gasteiger partial charge in [-0.2, -0.15) is 5.10 Å². The first-order chi connectivity index (χ1) is 12.6. The molecule has 26 heavy (non-hydrogen) atoms. The van der Waals surface area contributed by atoms with Gasteiger partial charge in [0.1, 0.15) is 11.4 Å². The molecule has 8 heteroatoms. The minimum atomic E-state index is -0.204. The molecule has 1 aliphatic heterocycles. The van der Waals surface area contributed by atoms with Crippen molar-refractivity contribution in [2.45, 2.75) is 32.4 Å². The van der Waals surface area contributed by atoms with Crippen molar-refractivity contribution in [3.63, 3.8) is 0 Å². The first-order valence-electron chi connectivity index (χ1n) is 8.72. The second-order valence-electron chi connectivity index (χ2n) is 6.60. The first-order valence-corrected chi connectivity index (χ1v) is 8.72. The highest BCUT2D eigenvalue weighted by atomic mass is 16.1. The van der Waals surface area contributed by atoms with Gasteiger partial charge in [0, 0.05) is 30.7 Å². The van der Waals surface area contributed by atoms with Gasteiger partial charge in [-0.3, -0.25) is 9.69 Å². The number of nitrogens with one attached hydrogen (secondary N) is 1. The van der Waals surface area contributed by atoms with Gasteiger partial charge >= 0.3 is 0 Å². The maximum absolute atomic E-state index is 12.6. The topological polar surface area (TPSA) is 88.3 Å². The molecule has 0 aromatic carbocycles. The maximum Gasteiger partial charge on any atom is 0.257 e. The van der Waals surface area contributed by atoms with Crippen LogP contribution in [0.25, 0.3) is 5.65 Å². The van der Waals surface area contributed by atoms with Crippen molar-refractivity contribution in [2.75, 3.05) is 13.6 Å². The molecule has 0 radical (unpaired) electrons. The fraction of sp³-hybridized carbons (Fsp3) is 0.389. The van der Waals surface area contributed by atoms with E-state index in [4.69, 9.17) is 0 Å². The Morgan fingerprint density at radius 1 is 1.35 bits per heavy atom. The lowest BCUT2D eigenvalue weighted by molar-refractivity contribution is 0.0952. The fourth-order valence-corrected chi connectivity index (χ4v) is 3.45. The number of fused-ring (bicyclic) bond motifs is 1. The second-order valence-corrected chi connectivity index (χ2v) is 6.60. The number of amides is 1. The van der Waals surface area contributed by atoms with Gasteiger partial charge in [-0.25, -0.2) is 19.5 Å². The molecule has 0 unspecified atom stereocenters. The van der Waals surface area contributed by atoms with Crippen LogP contribution in [-0.4, -0.2) is 49.0 Å². The van der Waals surface area contributed by atoms with E-state index in [2.05, 4.69) is 37.3 Å². The summed E-state index contributed by atoms with van der Waals surface area (Å²) >= 11 is 0. The zero-order chi connectivity index (χ0) is 18.1. The molecule has 3 aromatic rings. The summed E-state index contributed by atoms with van der Waals surface area (Å²) in [7, 11) is 2.11. The Kier molecular flexibility index (Phi) is 4.34. The third kappa shape index (κ3) is 3.03. The van der Waals surface area contributed by atoms with Gasteiger partial charge in [-0.15, -0.1) is 0 Å². The zero-order valence-corrected chi connectivity index (χ0v) is 14.9. The molecule has 4 rings (SSSR count). The molecular formula is C18H21N7O. The third-order valence-corrected chi connectivity index (χ3v) is 4.82. The Labute approximate surface area is 151 Å². The normalized spacial score (nSPS) is 17.7. The van der Waals surface area contributed by atoms with E-state index in [-0.39, 0.29) is 11.9 Å². The van der Waals surface area contributed by atoms with E-state index >= 15 is 0 Å². The summed E-state index contributed by atoms with van der Waals surface area (Å²) < 4.78 is 1.59. The Morgan fingerprint density at radius 3 is 3.04 bits per heavy atom. The molecule has 0 saturated carbocycles. The predicted octanol–water partition coefficient (Wildman–Crippen LogP) is 1.52. The molecule has 8 nitrogen and oxygen atoms in total. The standard InChI is InChI=1S/C18H21N7O/c1-12-20-9-13(16(23-12)15-5-3-7-24(15)2)10-21-18(26)14-11-22-25-8-4-6-19-17(14)25/h4,6,8-9,11,15H,3,5,7,10H2,1-2H3,(H,21,26)/t15-/m0/s1. The van der Waals surface area contributed by atoms with E-state index in [0.29, 0.717) is 17.8 Å². The Morgan fingerprint density at radius 2 is 2.23 bits per heavy atom. The zero-order valence-electron chi connectivity index (χ0n) is 14.9.